The number of benzene rings is 2. The maximum absolute atomic E-state index is 13.1. The Morgan fingerprint density at radius 1 is 0.880 bits per heavy atom. The molecule has 0 saturated carbocycles. The van der Waals surface area contributed by atoms with E-state index in [1.165, 1.54) is 25.1 Å². The average molecular weight is 343 g/mol. The molecule has 0 radical (unpaired) electrons. The quantitative estimate of drug-likeness (QED) is 0.701. The Morgan fingerprint density at radius 3 is 2.00 bits per heavy atom. The van der Waals surface area contributed by atoms with Crippen LogP contribution < -0.4 is 16.0 Å². The molecule has 0 aliphatic heterocycles. The average Bonchev–Trinajstić information content (AvgIpc) is 2.58. The zero-order chi connectivity index (χ0) is 18.2. The lowest BCUT2D eigenvalue weighted by atomic mass is 10.2. The Balaban J connectivity index is 1.80. The van der Waals surface area contributed by atoms with Gasteiger partial charge in [-0.3, -0.25) is 14.4 Å². The zero-order valence-electron chi connectivity index (χ0n) is 13.6. The third-order valence-electron chi connectivity index (χ3n) is 3.23. The van der Waals surface area contributed by atoms with Crippen molar-refractivity contribution in [3.8, 4) is 0 Å². The van der Waals surface area contributed by atoms with Crippen molar-refractivity contribution < 1.29 is 18.8 Å². The van der Waals surface area contributed by atoms with E-state index >= 15 is 0 Å². The van der Waals surface area contributed by atoms with Crippen LogP contribution in [0.25, 0.3) is 0 Å². The molecule has 0 aromatic heterocycles. The molecule has 2 aromatic carbocycles. The predicted octanol–water partition coefficient (Wildman–Crippen LogP) is 1.94. The van der Waals surface area contributed by atoms with E-state index in [0.717, 1.165) is 6.07 Å². The van der Waals surface area contributed by atoms with Gasteiger partial charge in [0.1, 0.15) is 5.82 Å². The normalized spacial score (nSPS) is 10.0. The number of halogens is 1. The number of nitrogens with one attached hydrogen (secondary N) is 3. The highest BCUT2D eigenvalue weighted by molar-refractivity contribution is 5.97. The van der Waals surface area contributed by atoms with Gasteiger partial charge in [-0.05, 0) is 36.4 Å². The van der Waals surface area contributed by atoms with E-state index in [9.17, 15) is 18.8 Å². The summed E-state index contributed by atoms with van der Waals surface area (Å²) in [4.78, 5) is 34.9. The van der Waals surface area contributed by atoms with E-state index in [1.54, 1.807) is 24.3 Å². The van der Waals surface area contributed by atoms with E-state index in [-0.39, 0.29) is 30.5 Å². The first kappa shape index (κ1) is 18.1. The highest BCUT2D eigenvalue weighted by Gasteiger charge is 2.08. The number of amides is 3. The number of carbonyl (C=O) groups excluding carboxylic acids is 3. The Kier molecular flexibility index (Phi) is 6.22. The Bertz CT molecular complexity index is 793. The molecule has 2 aromatic rings. The van der Waals surface area contributed by atoms with Crippen molar-refractivity contribution in [3.63, 3.8) is 0 Å². The van der Waals surface area contributed by atoms with Crippen molar-refractivity contribution in [2.45, 2.75) is 6.92 Å². The van der Waals surface area contributed by atoms with Crippen molar-refractivity contribution in [1.29, 1.82) is 0 Å². The number of rotatable bonds is 6. The molecule has 6 nitrogen and oxygen atoms in total. The van der Waals surface area contributed by atoms with Crippen LogP contribution in [0.2, 0.25) is 0 Å². The van der Waals surface area contributed by atoms with Crippen LogP contribution in [0.5, 0.6) is 0 Å². The molecule has 0 fully saturated rings. The largest absolute Gasteiger partial charge is 0.350 e. The molecule has 0 unspecified atom stereocenters. The molecule has 3 amide bonds. The molecule has 25 heavy (non-hydrogen) atoms. The third kappa shape index (κ3) is 5.72. The van der Waals surface area contributed by atoms with Crippen LogP contribution in [-0.4, -0.2) is 30.8 Å². The smallest absolute Gasteiger partial charge is 0.251 e. The molecule has 2 rings (SSSR count). The van der Waals surface area contributed by atoms with Gasteiger partial charge in [-0.1, -0.05) is 12.1 Å². The Morgan fingerprint density at radius 2 is 1.44 bits per heavy atom. The second kappa shape index (κ2) is 8.58. The van der Waals surface area contributed by atoms with Gasteiger partial charge in [-0.2, -0.15) is 0 Å². The van der Waals surface area contributed by atoms with Gasteiger partial charge in [0.15, 0.2) is 0 Å². The highest BCUT2D eigenvalue weighted by Crippen LogP contribution is 2.10. The minimum Gasteiger partial charge on any atom is -0.350 e. The molecule has 0 bridgehead atoms. The fourth-order valence-corrected chi connectivity index (χ4v) is 2.13. The Labute approximate surface area is 144 Å². The first-order valence-electron chi connectivity index (χ1n) is 7.65. The minimum absolute atomic E-state index is 0.201. The van der Waals surface area contributed by atoms with Crippen molar-refractivity contribution in [1.82, 2.24) is 10.6 Å². The van der Waals surface area contributed by atoms with Crippen LogP contribution in [0.1, 0.15) is 27.6 Å². The standard InChI is InChI=1S/C18H18FN3O3/c1-12(23)22-16-7-3-5-14(11-16)18(25)21-9-8-20-17(24)13-4-2-6-15(19)10-13/h2-7,10-11H,8-9H2,1H3,(H,20,24)(H,21,25)(H,22,23). The van der Waals surface area contributed by atoms with Crippen LogP contribution in [0.15, 0.2) is 48.5 Å². The summed E-state index contributed by atoms with van der Waals surface area (Å²) in [5.41, 5.74) is 1.14. The lowest BCUT2D eigenvalue weighted by Gasteiger charge is -2.08. The summed E-state index contributed by atoms with van der Waals surface area (Å²) < 4.78 is 13.1. The lowest BCUT2D eigenvalue weighted by molar-refractivity contribution is -0.114. The van der Waals surface area contributed by atoms with Gasteiger partial charge in [0.05, 0.1) is 0 Å². The summed E-state index contributed by atoms with van der Waals surface area (Å²) in [6, 6.07) is 11.9. The van der Waals surface area contributed by atoms with Gasteiger partial charge in [-0.15, -0.1) is 0 Å². The van der Waals surface area contributed by atoms with E-state index in [4.69, 9.17) is 0 Å². The molecule has 3 N–H and O–H groups in total. The highest BCUT2D eigenvalue weighted by atomic mass is 19.1. The molecular weight excluding hydrogens is 325 g/mol. The summed E-state index contributed by atoms with van der Waals surface area (Å²) in [7, 11) is 0. The number of anilines is 1. The Hall–Kier alpha value is -3.22. The summed E-state index contributed by atoms with van der Waals surface area (Å²) in [6.07, 6.45) is 0. The van der Waals surface area contributed by atoms with E-state index in [0.29, 0.717) is 11.3 Å². The molecule has 0 aliphatic carbocycles. The van der Waals surface area contributed by atoms with Gasteiger partial charge in [0.25, 0.3) is 11.8 Å². The number of hydrogen-bond acceptors (Lipinski definition) is 3. The van der Waals surface area contributed by atoms with Gasteiger partial charge >= 0.3 is 0 Å². The summed E-state index contributed by atoms with van der Waals surface area (Å²) >= 11 is 0. The second-order valence-electron chi connectivity index (χ2n) is 5.28. The zero-order valence-corrected chi connectivity index (χ0v) is 13.6. The van der Waals surface area contributed by atoms with Crippen molar-refractivity contribution in [2.24, 2.45) is 0 Å². The molecule has 0 saturated heterocycles. The second-order valence-corrected chi connectivity index (χ2v) is 5.28. The van der Waals surface area contributed by atoms with Crippen molar-refractivity contribution in [3.05, 3.63) is 65.5 Å². The maximum Gasteiger partial charge on any atom is 0.251 e. The third-order valence-corrected chi connectivity index (χ3v) is 3.23. The van der Waals surface area contributed by atoms with E-state index in [2.05, 4.69) is 16.0 Å². The first-order valence-corrected chi connectivity index (χ1v) is 7.65. The maximum atomic E-state index is 13.1. The molecule has 0 aliphatic rings. The van der Waals surface area contributed by atoms with Crippen LogP contribution in [0.3, 0.4) is 0 Å². The fourth-order valence-electron chi connectivity index (χ4n) is 2.13. The van der Waals surface area contributed by atoms with E-state index in [1.807, 2.05) is 0 Å². The lowest BCUT2D eigenvalue weighted by Crippen LogP contribution is -2.34. The predicted molar refractivity (Wildman–Crippen MR) is 91.8 cm³/mol. The first-order chi connectivity index (χ1) is 12.0. The SMILES string of the molecule is CC(=O)Nc1cccc(C(=O)NCCNC(=O)c2cccc(F)c2)c1. The van der Waals surface area contributed by atoms with Crippen molar-refractivity contribution >= 4 is 23.4 Å². The van der Waals surface area contributed by atoms with Crippen LogP contribution in [0, 0.1) is 5.82 Å². The topological polar surface area (TPSA) is 87.3 Å². The fraction of sp³-hybridized carbons (Fsp3) is 0.167. The monoisotopic (exact) mass is 343 g/mol. The van der Waals surface area contributed by atoms with Crippen LogP contribution >= 0.6 is 0 Å². The molecule has 7 heteroatoms. The van der Waals surface area contributed by atoms with E-state index < -0.39 is 11.7 Å². The minimum atomic E-state index is -0.486. The summed E-state index contributed by atoms with van der Waals surface area (Å²) in [5, 5.41) is 7.85. The van der Waals surface area contributed by atoms with Gasteiger partial charge in [0, 0.05) is 36.8 Å². The summed E-state index contributed by atoms with van der Waals surface area (Å²) in [6.45, 7) is 1.80. The summed E-state index contributed by atoms with van der Waals surface area (Å²) in [5.74, 6) is -1.45. The van der Waals surface area contributed by atoms with Gasteiger partial charge in [-0.25, -0.2) is 4.39 Å². The van der Waals surface area contributed by atoms with Gasteiger partial charge < -0.3 is 16.0 Å². The number of hydrogen-bond donors (Lipinski definition) is 3. The molecule has 0 atom stereocenters. The van der Waals surface area contributed by atoms with Gasteiger partial charge in [0.2, 0.25) is 5.91 Å². The number of carbonyl (C=O) groups is 3. The molecule has 0 heterocycles. The molecular formula is C18H18FN3O3. The molecule has 130 valence electrons. The van der Waals surface area contributed by atoms with Crippen LogP contribution in [-0.2, 0) is 4.79 Å². The van der Waals surface area contributed by atoms with Crippen molar-refractivity contribution in [2.75, 3.05) is 18.4 Å². The molecule has 0 spiro atoms. The van der Waals surface area contributed by atoms with Crippen LogP contribution in [0.4, 0.5) is 10.1 Å².